The molecule has 0 radical (unpaired) electrons. The molecule has 2 aromatic carbocycles. The second kappa shape index (κ2) is 9.16. The van der Waals surface area contributed by atoms with Gasteiger partial charge in [-0.3, -0.25) is 4.90 Å². The summed E-state index contributed by atoms with van der Waals surface area (Å²) < 4.78 is 5.89. The van der Waals surface area contributed by atoms with E-state index in [2.05, 4.69) is 51.2 Å². The van der Waals surface area contributed by atoms with Crippen LogP contribution in [0, 0.1) is 17.2 Å². The summed E-state index contributed by atoms with van der Waals surface area (Å²) in [6.45, 7) is 2.90. The molecule has 1 heterocycles. The normalized spacial score (nSPS) is 16.5. The maximum Gasteiger partial charge on any atom is 0.337 e. The molecule has 0 spiro atoms. The Kier molecular flexibility index (Phi) is 6.65. The van der Waals surface area contributed by atoms with Gasteiger partial charge in [0.2, 0.25) is 0 Å². The van der Waals surface area contributed by atoms with Crippen LogP contribution in [0.15, 0.2) is 53.0 Å². The first kappa shape index (κ1) is 19.6. The Morgan fingerprint density at radius 2 is 1.96 bits per heavy atom. The fourth-order valence-corrected chi connectivity index (χ4v) is 3.99. The molecule has 0 bridgehead atoms. The van der Waals surface area contributed by atoms with Gasteiger partial charge in [-0.05, 0) is 67.2 Å². The van der Waals surface area contributed by atoms with Gasteiger partial charge >= 0.3 is 5.97 Å². The van der Waals surface area contributed by atoms with Gasteiger partial charge in [-0.25, -0.2) is 4.79 Å². The Balaban J connectivity index is 1.63. The molecule has 27 heavy (non-hydrogen) atoms. The smallest absolute Gasteiger partial charge is 0.337 e. The zero-order chi connectivity index (χ0) is 19.2. The lowest BCUT2D eigenvalue weighted by Crippen LogP contribution is -2.35. The Labute approximate surface area is 168 Å². The highest BCUT2D eigenvalue weighted by Crippen LogP contribution is 2.33. The largest absolute Gasteiger partial charge is 0.465 e. The van der Waals surface area contributed by atoms with Crippen LogP contribution >= 0.6 is 15.9 Å². The van der Waals surface area contributed by atoms with Crippen LogP contribution < -0.4 is 0 Å². The van der Waals surface area contributed by atoms with Crippen molar-refractivity contribution in [3.05, 3.63) is 69.7 Å². The van der Waals surface area contributed by atoms with Crippen LogP contribution in [0.1, 0.15) is 40.2 Å². The Bertz CT molecular complexity index is 821. The molecule has 3 rings (SSSR count). The van der Waals surface area contributed by atoms with Gasteiger partial charge in [-0.15, -0.1) is 0 Å². The van der Waals surface area contributed by atoms with E-state index < -0.39 is 0 Å². The number of nitrogens with zero attached hydrogens (tertiary/aromatic N) is 2. The second-order valence-corrected chi connectivity index (χ2v) is 7.88. The van der Waals surface area contributed by atoms with Crippen LogP contribution in [0.5, 0.6) is 0 Å². The van der Waals surface area contributed by atoms with Gasteiger partial charge in [-0.2, -0.15) is 5.26 Å². The minimum atomic E-state index is -0.363. The molecule has 5 heteroatoms. The number of piperidine rings is 1. The Morgan fingerprint density at radius 1 is 1.26 bits per heavy atom. The average molecular weight is 427 g/mol. The molecule has 1 atom stereocenters. The SMILES string of the molecule is COC(=O)c1cccc(C(C#N)C2CCN(Cc3ccc(Br)cc3)CC2)c1. The van der Waals surface area contributed by atoms with E-state index >= 15 is 0 Å². The fourth-order valence-electron chi connectivity index (χ4n) is 3.72. The Morgan fingerprint density at radius 3 is 2.59 bits per heavy atom. The number of carbonyl (C=O) groups is 1. The molecule has 0 saturated carbocycles. The molecule has 1 unspecified atom stereocenters. The number of nitriles is 1. The topological polar surface area (TPSA) is 53.3 Å². The lowest BCUT2D eigenvalue weighted by atomic mass is 9.80. The molecule has 1 saturated heterocycles. The van der Waals surface area contributed by atoms with Crippen LogP contribution in [0.4, 0.5) is 0 Å². The van der Waals surface area contributed by atoms with Gasteiger partial charge in [0.05, 0.1) is 24.7 Å². The van der Waals surface area contributed by atoms with Crippen LogP contribution in [-0.2, 0) is 11.3 Å². The Hall–Kier alpha value is -2.16. The summed E-state index contributed by atoms with van der Waals surface area (Å²) in [7, 11) is 1.37. The molecular formula is C22H23BrN2O2. The number of carbonyl (C=O) groups excluding carboxylic acids is 1. The van der Waals surface area contributed by atoms with E-state index in [0.29, 0.717) is 11.5 Å². The lowest BCUT2D eigenvalue weighted by molar-refractivity contribution is 0.0600. The number of methoxy groups -OCH3 is 1. The van der Waals surface area contributed by atoms with Crippen molar-refractivity contribution in [3.63, 3.8) is 0 Å². The first-order valence-electron chi connectivity index (χ1n) is 9.15. The van der Waals surface area contributed by atoms with E-state index in [4.69, 9.17) is 4.74 Å². The van der Waals surface area contributed by atoms with Crippen molar-refractivity contribution < 1.29 is 9.53 Å². The van der Waals surface area contributed by atoms with E-state index in [1.165, 1.54) is 12.7 Å². The van der Waals surface area contributed by atoms with Crippen LogP contribution in [-0.4, -0.2) is 31.1 Å². The van der Waals surface area contributed by atoms with Crippen molar-refractivity contribution in [3.8, 4) is 6.07 Å². The van der Waals surface area contributed by atoms with Gasteiger partial charge in [0, 0.05) is 11.0 Å². The molecule has 2 aromatic rings. The van der Waals surface area contributed by atoms with Gasteiger partial charge in [0.1, 0.15) is 0 Å². The third kappa shape index (κ3) is 4.97. The van der Waals surface area contributed by atoms with E-state index in [1.807, 2.05) is 12.1 Å². The van der Waals surface area contributed by atoms with Crippen molar-refractivity contribution in [2.45, 2.75) is 25.3 Å². The van der Waals surface area contributed by atoms with Gasteiger partial charge in [0.15, 0.2) is 0 Å². The number of esters is 1. The van der Waals surface area contributed by atoms with Crippen molar-refractivity contribution in [2.24, 2.45) is 5.92 Å². The summed E-state index contributed by atoms with van der Waals surface area (Å²) in [5, 5.41) is 9.76. The molecule has 0 amide bonds. The molecule has 4 nitrogen and oxygen atoms in total. The molecular weight excluding hydrogens is 404 g/mol. The minimum Gasteiger partial charge on any atom is -0.465 e. The molecule has 140 valence electrons. The van der Waals surface area contributed by atoms with E-state index in [0.717, 1.165) is 42.5 Å². The van der Waals surface area contributed by atoms with Crippen LogP contribution in [0.25, 0.3) is 0 Å². The maximum absolute atomic E-state index is 11.8. The number of hydrogen-bond donors (Lipinski definition) is 0. The third-order valence-corrected chi connectivity index (χ3v) is 5.76. The summed E-state index contributed by atoms with van der Waals surface area (Å²) in [6, 6.07) is 18.2. The predicted octanol–water partition coefficient (Wildman–Crippen LogP) is 4.76. The van der Waals surface area contributed by atoms with Crippen LogP contribution in [0.3, 0.4) is 0 Å². The van der Waals surface area contributed by atoms with Gasteiger partial charge in [0.25, 0.3) is 0 Å². The van der Waals surface area contributed by atoms with E-state index in [1.54, 1.807) is 12.1 Å². The monoisotopic (exact) mass is 426 g/mol. The van der Waals surface area contributed by atoms with Crippen LogP contribution in [0.2, 0.25) is 0 Å². The van der Waals surface area contributed by atoms with E-state index in [-0.39, 0.29) is 11.9 Å². The zero-order valence-electron chi connectivity index (χ0n) is 15.4. The van der Waals surface area contributed by atoms with Gasteiger partial charge in [-0.1, -0.05) is 40.2 Å². The summed E-state index contributed by atoms with van der Waals surface area (Å²) in [5.74, 6) is -0.244. The first-order valence-corrected chi connectivity index (χ1v) is 9.94. The van der Waals surface area contributed by atoms with E-state index in [9.17, 15) is 10.1 Å². The minimum absolute atomic E-state index is 0.190. The maximum atomic E-state index is 11.8. The molecule has 0 aliphatic carbocycles. The average Bonchev–Trinajstić information content (AvgIpc) is 2.71. The molecule has 1 aliphatic rings. The number of halogens is 1. The first-order chi connectivity index (χ1) is 13.1. The summed E-state index contributed by atoms with van der Waals surface area (Å²) in [4.78, 5) is 14.2. The van der Waals surface area contributed by atoms with Crippen molar-refractivity contribution >= 4 is 21.9 Å². The summed E-state index contributed by atoms with van der Waals surface area (Å²) >= 11 is 3.47. The van der Waals surface area contributed by atoms with Gasteiger partial charge < -0.3 is 4.74 Å². The number of hydrogen-bond acceptors (Lipinski definition) is 4. The van der Waals surface area contributed by atoms with Crippen molar-refractivity contribution in [1.82, 2.24) is 4.90 Å². The molecule has 1 aliphatic heterocycles. The predicted molar refractivity (Wildman–Crippen MR) is 108 cm³/mol. The third-order valence-electron chi connectivity index (χ3n) is 5.23. The highest BCUT2D eigenvalue weighted by molar-refractivity contribution is 9.10. The lowest BCUT2D eigenvalue weighted by Gasteiger charge is -2.34. The molecule has 0 aromatic heterocycles. The fraction of sp³-hybridized carbons (Fsp3) is 0.364. The zero-order valence-corrected chi connectivity index (χ0v) is 17.0. The summed E-state index contributed by atoms with van der Waals surface area (Å²) in [5.41, 5.74) is 2.72. The quantitative estimate of drug-likeness (QED) is 0.646. The summed E-state index contributed by atoms with van der Waals surface area (Å²) in [6.07, 6.45) is 1.97. The van der Waals surface area contributed by atoms with Crippen molar-refractivity contribution in [2.75, 3.05) is 20.2 Å². The highest BCUT2D eigenvalue weighted by Gasteiger charge is 2.28. The number of likely N-dealkylation sites (tertiary alicyclic amines) is 1. The number of rotatable bonds is 5. The second-order valence-electron chi connectivity index (χ2n) is 6.96. The standard InChI is InChI=1S/C22H23BrN2O2/c1-27-22(26)19-4-2-3-18(13-19)21(14-24)17-9-11-25(12-10-17)15-16-5-7-20(23)8-6-16/h2-8,13,17,21H,9-12,15H2,1H3. The highest BCUT2D eigenvalue weighted by atomic mass is 79.9. The molecule has 0 N–H and O–H groups in total. The molecule has 1 fully saturated rings. The van der Waals surface area contributed by atoms with Crippen molar-refractivity contribution in [1.29, 1.82) is 5.26 Å². The number of ether oxygens (including phenoxy) is 1. The number of benzene rings is 2.